The minimum absolute atomic E-state index is 0.143. The molecule has 2 aromatic rings. The lowest BCUT2D eigenvalue weighted by Crippen LogP contribution is -2.35. The van der Waals surface area contributed by atoms with Crippen molar-refractivity contribution in [2.45, 2.75) is 19.3 Å². The van der Waals surface area contributed by atoms with E-state index in [1.807, 2.05) is 12.1 Å². The summed E-state index contributed by atoms with van der Waals surface area (Å²) in [5, 5.41) is 5.52. The van der Waals surface area contributed by atoms with Crippen LogP contribution in [0.5, 0.6) is 11.5 Å². The fraction of sp³-hybridized carbons (Fsp3) is 0.300. The molecule has 0 bridgehead atoms. The van der Waals surface area contributed by atoms with Crippen LogP contribution in [-0.2, 0) is 4.79 Å². The van der Waals surface area contributed by atoms with E-state index >= 15 is 0 Å². The Morgan fingerprint density at radius 2 is 1.78 bits per heavy atom. The molecule has 7 heteroatoms. The van der Waals surface area contributed by atoms with Crippen LogP contribution in [0, 0.1) is 0 Å². The van der Waals surface area contributed by atoms with Gasteiger partial charge in [-0.2, -0.15) is 0 Å². The zero-order chi connectivity index (χ0) is 19.2. The van der Waals surface area contributed by atoms with Gasteiger partial charge in [-0.25, -0.2) is 4.79 Å². The molecule has 0 unspecified atom stereocenters. The maximum atomic E-state index is 12.3. The molecule has 7 nitrogen and oxygen atoms in total. The molecule has 3 rings (SSSR count). The number of urea groups is 1. The van der Waals surface area contributed by atoms with Crippen LogP contribution >= 0.6 is 0 Å². The molecule has 0 aromatic heterocycles. The minimum atomic E-state index is -0.400. The Kier molecular flexibility index (Phi) is 5.80. The van der Waals surface area contributed by atoms with E-state index in [1.54, 1.807) is 35.2 Å². The third kappa shape index (κ3) is 4.31. The molecular weight excluding hydrogens is 346 g/mol. The number of carbonyl (C=O) groups is 2. The van der Waals surface area contributed by atoms with E-state index in [1.165, 1.54) is 14.2 Å². The van der Waals surface area contributed by atoms with Gasteiger partial charge in [-0.05, 0) is 49.2 Å². The number of amides is 3. The van der Waals surface area contributed by atoms with Crippen LogP contribution in [-0.4, -0.2) is 32.7 Å². The third-order valence-electron chi connectivity index (χ3n) is 4.41. The molecule has 1 saturated heterocycles. The summed E-state index contributed by atoms with van der Waals surface area (Å²) in [6, 6.07) is 12.1. The first-order valence-corrected chi connectivity index (χ1v) is 8.82. The number of piperidine rings is 1. The quantitative estimate of drug-likeness (QED) is 0.839. The number of rotatable bonds is 5. The van der Waals surface area contributed by atoms with Crippen LogP contribution < -0.4 is 25.0 Å². The van der Waals surface area contributed by atoms with Crippen molar-refractivity contribution < 1.29 is 19.1 Å². The van der Waals surface area contributed by atoms with Crippen molar-refractivity contribution in [3.63, 3.8) is 0 Å². The Labute approximate surface area is 158 Å². The highest BCUT2D eigenvalue weighted by Gasteiger charge is 2.19. The fourth-order valence-corrected chi connectivity index (χ4v) is 3.07. The smallest absolute Gasteiger partial charge is 0.323 e. The Bertz CT molecular complexity index is 820. The van der Waals surface area contributed by atoms with Gasteiger partial charge in [0, 0.05) is 24.3 Å². The monoisotopic (exact) mass is 369 g/mol. The first kappa shape index (κ1) is 18.6. The van der Waals surface area contributed by atoms with Crippen molar-refractivity contribution in [2.75, 3.05) is 36.3 Å². The molecule has 2 N–H and O–H groups in total. The van der Waals surface area contributed by atoms with Crippen molar-refractivity contribution in [3.8, 4) is 11.5 Å². The second-order valence-corrected chi connectivity index (χ2v) is 6.17. The predicted molar refractivity (Wildman–Crippen MR) is 105 cm³/mol. The maximum Gasteiger partial charge on any atom is 0.323 e. The summed E-state index contributed by atoms with van der Waals surface area (Å²) in [5.41, 5.74) is 1.98. The standard InChI is InChI=1S/C20H23N3O4/c1-26-17-7-5-6-16(19(17)27-2)22-20(25)21-14-9-11-15(12-10-14)23-13-4-3-8-18(23)24/h5-7,9-12H,3-4,8,13H2,1-2H3,(H2,21,22,25). The van der Waals surface area contributed by atoms with E-state index in [-0.39, 0.29) is 5.91 Å². The lowest BCUT2D eigenvalue weighted by Gasteiger charge is -2.26. The van der Waals surface area contributed by atoms with Crippen molar-refractivity contribution in [1.29, 1.82) is 0 Å². The number of nitrogens with zero attached hydrogens (tertiary/aromatic N) is 1. The van der Waals surface area contributed by atoms with Gasteiger partial charge in [0.05, 0.1) is 19.9 Å². The van der Waals surface area contributed by atoms with Crippen LogP contribution in [0.2, 0.25) is 0 Å². The molecule has 3 amide bonds. The van der Waals surface area contributed by atoms with E-state index in [0.717, 1.165) is 25.1 Å². The van der Waals surface area contributed by atoms with Gasteiger partial charge in [0.15, 0.2) is 11.5 Å². The van der Waals surface area contributed by atoms with E-state index < -0.39 is 6.03 Å². The highest BCUT2D eigenvalue weighted by Crippen LogP contribution is 2.34. The van der Waals surface area contributed by atoms with Crippen molar-refractivity contribution in [3.05, 3.63) is 42.5 Å². The lowest BCUT2D eigenvalue weighted by molar-refractivity contribution is -0.119. The third-order valence-corrected chi connectivity index (χ3v) is 4.41. The van der Waals surface area contributed by atoms with Gasteiger partial charge in [0.1, 0.15) is 0 Å². The van der Waals surface area contributed by atoms with Crippen molar-refractivity contribution in [2.24, 2.45) is 0 Å². The first-order valence-electron chi connectivity index (χ1n) is 8.82. The van der Waals surface area contributed by atoms with Gasteiger partial charge in [-0.1, -0.05) is 6.07 Å². The topological polar surface area (TPSA) is 79.9 Å². The molecule has 2 aromatic carbocycles. The number of benzene rings is 2. The maximum absolute atomic E-state index is 12.3. The number of ether oxygens (including phenoxy) is 2. The number of hydrogen-bond acceptors (Lipinski definition) is 4. The van der Waals surface area contributed by atoms with Gasteiger partial charge in [-0.3, -0.25) is 4.79 Å². The molecular formula is C20H23N3O4. The zero-order valence-corrected chi connectivity index (χ0v) is 15.5. The minimum Gasteiger partial charge on any atom is -0.493 e. The Balaban J connectivity index is 1.65. The molecule has 0 radical (unpaired) electrons. The molecule has 0 atom stereocenters. The second kappa shape index (κ2) is 8.44. The summed E-state index contributed by atoms with van der Waals surface area (Å²) in [7, 11) is 3.05. The average Bonchev–Trinajstić information content (AvgIpc) is 2.69. The van der Waals surface area contributed by atoms with Gasteiger partial charge in [-0.15, -0.1) is 0 Å². The molecule has 1 aliphatic rings. The molecule has 0 aliphatic carbocycles. The number of hydrogen-bond donors (Lipinski definition) is 2. The zero-order valence-electron chi connectivity index (χ0n) is 15.5. The average molecular weight is 369 g/mol. The van der Waals surface area contributed by atoms with Crippen LogP contribution in [0.25, 0.3) is 0 Å². The fourth-order valence-electron chi connectivity index (χ4n) is 3.07. The van der Waals surface area contributed by atoms with Crippen LogP contribution in [0.15, 0.2) is 42.5 Å². The molecule has 1 aliphatic heterocycles. The SMILES string of the molecule is COc1cccc(NC(=O)Nc2ccc(N3CCCCC3=O)cc2)c1OC. The number of anilines is 3. The van der Waals surface area contributed by atoms with Crippen molar-refractivity contribution in [1.82, 2.24) is 0 Å². The molecule has 0 saturated carbocycles. The summed E-state index contributed by atoms with van der Waals surface area (Å²) in [4.78, 5) is 26.1. The summed E-state index contributed by atoms with van der Waals surface area (Å²) < 4.78 is 10.5. The Hall–Kier alpha value is -3.22. The first-order chi connectivity index (χ1) is 13.1. The molecule has 1 heterocycles. The number of carbonyl (C=O) groups excluding carboxylic acids is 2. The lowest BCUT2D eigenvalue weighted by atomic mass is 10.1. The van der Waals surface area contributed by atoms with Crippen molar-refractivity contribution >= 4 is 29.0 Å². The summed E-state index contributed by atoms with van der Waals surface area (Å²) in [6.07, 6.45) is 2.55. The van der Waals surface area contributed by atoms with E-state index in [2.05, 4.69) is 10.6 Å². The molecule has 142 valence electrons. The number of para-hydroxylation sites is 1. The van der Waals surface area contributed by atoms with Gasteiger partial charge >= 0.3 is 6.03 Å². The van der Waals surface area contributed by atoms with E-state index in [0.29, 0.717) is 29.3 Å². The summed E-state index contributed by atoms with van der Waals surface area (Å²) in [5.74, 6) is 1.13. The largest absolute Gasteiger partial charge is 0.493 e. The highest BCUT2D eigenvalue weighted by molar-refractivity contribution is 6.01. The predicted octanol–water partition coefficient (Wildman–Crippen LogP) is 3.86. The van der Waals surface area contributed by atoms with Crippen LogP contribution in [0.4, 0.5) is 21.9 Å². The molecule has 1 fully saturated rings. The highest BCUT2D eigenvalue weighted by atomic mass is 16.5. The van der Waals surface area contributed by atoms with E-state index in [9.17, 15) is 9.59 Å². The molecule has 27 heavy (non-hydrogen) atoms. The van der Waals surface area contributed by atoms with Gasteiger partial charge in [0.2, 0.25) is 5.91 Å². The summed E-state index contributed by atoms with van der Waals surface area (Å²) >= 11 is 0. The molecule has 0 spiro atoms. The Morgan fingerprint density at radius 1 is 1.00 bits per heavy atom. The Morgan fingerprint density at radius 3 is 2.44 bits per heavy atom. The summed E-state index contributed by atoms with van der Waals surface area (Å²) in [6.45, 7) is 0.738. The normalized spacial score (nSPS) is 13.9. The van der Waals surface area contributed by atoms with E-state index in [4.69, 9.17) is 9.47 Å². The number of nitrogens with one attached hydrogen (secondary N) is 2. The van der Waals surface area contributed by atoms with Gasteiger partial charge in [0.25, 0.3) is 0 Å². The second-order valence-electron chi connectivity index (χ2n) is 6.17. The van der Waals surface area contributed by atoms with Gasteiger partial charge < -0.3 is 25.0 Å². The van der Waals surface area contributed by atoms with Crippen LogP contribution in [0.1, 0.15) is 19.3 Å². The number of methoxy groups -OCH3 is 2. The van der Waals surface area contributed by atoms with Crippen LogP contribution in [0.3, 0.4) is 0 Å².